The molecule has 3 heteroatoms. The fourth-order valence-electron chi connectivity index (χ4n) is 0.620. The monoisotopic (exact) mass is 153 g/mol. The molecule has 0 aliphatic rings. The molecule has 0 aromatic carbocycles. The Bertz CT molecular complexity index is 271. The molecule has 1 rings (SSSR count). The molecular weight excluding hydrogens is 148 g/mol. The molecule has 0 saturated carbocycles. The Morgan fingerprint density at radius 2 is 2.18 bits per heavy atom. The van der Waals surface area contributed by atoms with E-state index in [-0.39, 0.29) is 5.56 Å². The van der Waals surface area contributed by atoms with Gasteiger partial charge in [0.05, 0.1) is 0 Å². The molecule has 0 radical (unpaired) electrons. The zero-order chi connectivity index (χ0) is 8.27. The van der Waals surface area contributed by atoms with Crippen molar-refractivity contribution >= 4 is 0 Å². The lowest BCUT2D eigenvalue weighted by Crippen LogP contribution is -1.87. The topological polar surface area (TPSA) is 12.9 Å². The molecule has 0 N–H and O–H groups in total. The summed E-state index contributed by atoms with van der Waals surface area (Å²) < 4.78 is 23.8. The summed E-state index contributed by atoms with van der Waals surface area (Å²) in [4.78, 5) is 3.60. The first kappa shape index (κ1) is 7.67. The van der Waals surface area contributed by atoms with Gasteiger partial charge in [-0.25, -0.2) is 13.8 Å². The Balaban J connectivity index is 2.94. The largest absolute Gasteiger partial charge is 0.265 e. The summed E-state index contributed by atoms with van der Waals surface area (Å²) in [5.74, 6) is 2.24. The van der Waals surface area contributed by atoms with Crippen LogP contribution in [-0.2, 0) is 0 Å². The van der Waals surface area contributed by atoms with E-state index in [1.807, 2.05) is 0 Å². The van der Waals surface area contributed by atoms with Crippen LogP contribution in [0.2, 0.25) is 0 Å². The molecule has 0 bridgehead atoms. The summed E-state index contributed by atoms with van der Waals surface area (Å²) in [7, 11) is 0. The number of halogens is 2. The first-order chi connectivity index (χ1) is 5.24. The third-order valence-electron chi connectivity index (χ3n) is 1.19. The number of hydrogen-bond acceptors (Lipinski definition) is 1. The lowest BCUT2D eigenvalue weighted by molar-refractivity contribution is 0.151. The molecule has 1 nitrogen and oxygen atoms in total. The SMILES string of the molecule is C#Cc1ccc(C(F)F)cn1. The number of pyridine rings is 1. The van der Waals surface area contributed by atoms with Crippen LogP contribution in [0.1, 0.15) is 17.7 Å². The van der Waals surface area contributed by atoms with E-state index < -0.39 is 6.43 Å². The molecule has 1 aromatic heterocycles. The minimum atomic E-state index is -2.48. The predicted octanol–water partition coefficient (Wildman–Crippen LogP) is 2.00. The fourth-order valence-corrected chi connectivity index (χ4v) is 0.620. The molecule has 11 heavy (non-hydrogen) atoms. The summed E-state index contributed by atoms with van der Waals surface area (Å²) in [5.41, 5.74) is 0.262. The van der Waals surface area contributed by atoms with E-state index in [0.717, 1.165) is 6.20 Å². The number of aromatic nitrogens is 1. The minimum absolute atomic E-state index is 0.107. The maximum absolute atomic E-state index is 11.9. The molecule has 1 heterocycles. The van der Waals surface area contributed by atoms with E-state index >= 15 is 0 Å². The number of rotatable bonds is 1. The van der Waals surface area contributed by atoms with Crippen LogP contribution in [0.25, 0.3) is 0 Å². The standard InChI is InChI=1S/C8H5F2N/c1-2-7-4-3-6(5-11-7)8(9)10/h1,3-5,8H. The lowest BCUT2D eigenvalue weighted by Gasteiger charge is -1.96. The normalized spacial score (nSPS) is 9.64. The highest BCUT2D eigenvalue weighted by Crippen LogP contribution is 2.16. The summed E-state index contributed by atoms with van der Waals surface area (Å²) in [5, 5.41) is 0. The van der Waals surface area contributed by atoms with Crippen molar-refractivity contribution in [3.8, 4) is 12.3 Å². The van der Waals surface area contributed by atoms with E-state index in [1.165, 1.54) is 12.1 Å². The molecule has 0 saturated heterocycles. The van der Waals surface area contributed by atoms with E-state index in [1.54, 1.807) is 0 Å². The predicted molar refractivity (Wildman–Crippen MR) is 37.1 cm³/mol. The van der Waals surface area contributed by atoms with Crippen molar-refractivity contribution in [1.82, 2.24) is 4.98 Å². The maximum atomic E-state index is 11.9. The average Bonchev–Trinajstić information content (AvgIpc) is 2.05. The highest BCUT2D eigenvalue weighted by molar-refractivity contribution is 5.26. The van der Waals surface area contributed by atoms with Crippen LogP contribution in [0.4, 0.5) is 8.78 Å². The van der Waals surface area contributed by atoms with Gasteiger partial charge in [-0.2, -0.15) is 0 Å². The van der Waals surface area contributed by atoms with Crippen LogP contribution in [-0.4, -0.2) is 4.98 Å². The van der Waals surface area contributed by atoms with Gasteiger partial charge in [-0.1, -0.05) is 5.92 Å². The zero-order valence-corrected chi connectivity index (χ0v) is 5.59. The fraction of sp³-hybridized carbons (Fsp3) is 0.125. The number of alkyl halides is 2. The summed E-state index contributed by atoms with van der Waals surface area (Å²) in [6, 6.07) is 2.66. The zero-order valence-electron chi connectivity index (χ0n) is 5.59. The molecule has 0 amide bonds. The van der Waals surface area contributed by atoms with Gasteiger partial charge < -0.3 is 0 Å². The molecule has 0 fully saturated rings. The van der Waals surface area contributed by atoms with Crippen molar-refractivity contribution in [2.45, 2.75) is 6.43 Å². The van der Waals surface area contributed by atoms with E-state index in [2.05, 4.69) is 10.9 Å². The van der Waals surface area contributed by atoms with Crippen molar-refractivity contribution in [3.05, 3.63) is 29.6 Å². The second-order valence-electron chi connectivity index (χ2n) is 1.92. The van der Waals surface area contributed by atoms with Crippen molar-refractivity contribution in [1.29, 1.82) is 0 Å². The molecule has 0 aliphatic heterocycles. The van der Waals surface area contributed by atoms with Crippen LogP contribution in [0.5, 0.6) is 0 Å². The van der Waals surface area contributed by atoms with E-state index in [4.69, 9.17) is 6.42 Å². The Labute approximate surface area is 63.1 Å². The Morgan fingerprint density at radius 3 is 2.55 bits per heavy atom. The van der Waals surface area contributed by atoms with Gasteiger partial charge in [-0.3, -0.25) is 0 Å². The van der Waals surface area contributed by atoms with Gasteiger partial charge in [0.15, 0.2) is 0 Å². The maximum Gasteiger partial charge on any atom is 0.265 e. The second-order valence-corrected chi connectivity index (χ2v) is 1.92. The van der Waals surface area contributed by atoms with Gasteiger partial charge in [0, 0.05) is 11.8 Å². The smallest absolute Gasteiger partial charge is 0.247 e. The highest BCUT2D eigenvalue weighted by atomic mass is 19.3. The van der Waals surface area contributed by atoms with Crippen LogP contribution in [0.3, 0.4) is 0 Å². The number of hydrogen-bond donors (Lipinski definition) is 0. The van der Waals surface area contributed by atoms with E-state index in [0.29, 0.717) is 5.69 Å². The van der Waals surface area contributed by atoms with Crippen LogP contribution in [0, 0.1) is 12.3 Å². The number of terminal acetylenes is 1. The van der Waals surface area contributed by atoms with Crippen molar-refractivity contribution in [3.63, 3.8) is 0 Å². The first-order valence-electron chi connectivity index (χ1n) is 2.94. The van der Waals surface area contributed by atoms with Gasteiger partial charge in [0.2, 0.25) is 0 Å². The summed E-state index contributed by atoms with van der Waals surface area (Å²) in [6.07, 6.45) is 3.58. The van der Waals surface area contributed by atoms with Gasteiger partial charge in [0.25, 0.3) is 6.43 Å². The molecule has 0 unspecified atom stereocenters. The summed E-state index contributed by atoms with van der Waals surface area (Å²) in [6.45, 7) is 0. The molecule has 1 aromatic rings. The third-order valence-corrected chi connectivity index (χ3v) is 1.19. The van der Waals surface area contributed by atoms with Crippen LogP contribution >= 0.6 is 0 Å². The third kappa shape index (κ3) is 1.74. The molecule has 0 aliphatic carbocycles. The summed E-state index contributed by atoms with van der Waals surface area (Å²) >= 11 is 0. The Hall–Kier alpha value is -1.43. The van der Waals surface area contributed by atoms with Gasteiger partial charge in [0.1, 0.15) is 5.69 Å². The average molecular weight is 153 g/mol. The van der Waals surface area contributed by atoms with Crippen molar-refractivity contribution in [2.75, 3.05) is 0 Å². The quantitative estimate of drug-likeness (QED) is 0.562. The molecule has 0 atom stereocenters. The van der Waals surface area contributed by atoms with Crippen LogP contribution < -0.4 is 0 Å². The van der Waals surface area contributed by atoms with Crippen LogP contribution in [0.15, 0.2) is 18.3 Å². The molecule has 0 spiro atoms. The first-order valence-corrected chi connectivity index (χ1v) is 2.94. The second kappa shape index (κ2) is 3.11. The van der Waals surface area contributed by atoms with E-state index in [9.17, 15) is 8.78 Å². The Kier molecular flexibility index (Phi) is 2.17. The lowest BCUT2D eigenvalue weighted by atomic mass is 10.2. The molecular formula is C8H5F2N. The van der Waals surface area contributed by atoms with Gasteiger partial charge in [-0.15, -0.1) is 6.42 Å². The Morgan fingerprint density at radius 1 is 1.45 bits per heavy atom. The van der Waals surface area contributed by atoms with Crippen molar-refractivity contribution in [2.24, 2.45) is 0 Å². The van der Waals surface area contributed by atoms with Gasteiger partial charge >= 0.3 is 0 Å². The number of nitrogens with zero attached hydrogens (tertiary/aromatic N) is 1. The minimum Gasteiger partial charge on any atom is -0.247 e. The van der Waals surface area contributed by atoms with Crippen molar-refractivity contribution < 1.29 is 8.78 Å². The van der Waals surface area contributed by atoms with Gasteiger partial charge in [-0.05, 0) is 12.1 Å². The highest BCUT2D eigenvalue weighted by Gasteiger charge is 2.05. The molecule has 56 valence electrons.